The van der Waals surface area contributed by atoms with Crippen molar-refractivity contribution in [3.63, 3.8) is 0 Å². The van der Waals surface area contributed by atoms with Crippen LogP contribution < -0.4 is 5.32 Å². The van der Waals surface area contributed by atoms with Crippen LogP contribution in [0.2, 0.25) is 0 Å². The molecule has 0 radical (unpaired) electrons. The molecule has 0 saturated heterocycles. The van der Waals surface area contributed by atoms with Gasteiger partial charge in [-0.05, 0) is 51.0 Å². The summed E-state index contributed by atoms with van der Waals surface area (Å²) in [6.45, 7) is 3.29. The summed E-state index contributed by atoms with van der Waals surface area (Å²) in [5.74, 6) is -1.16. The number of ether oxygens (including phenoxy) is 1. The van der Waals surface area contributed by atoms with Gasteiger partial charge in [0.15, 0.2) is 6.10 Å². The molecule has 7 heteroatoms. The van der Waals surface area contributed by atoms with Gasteiger partial charge in [0.05, 0.1) is 5.69 Å². The van der Waals surface area contributed by atoms with Gasteiger partial charge in [-0.25, -0.2) is 14.2 Å². The van der Waals surface area contributed by atoms with E-state index in [1.807, 2.05) is 0 Å². The summed E-state index contributed by atoms with van der Waals surface area (Å²) in [6.07, 6.45) is 4.52. The average molecular weight is 390 g/mol. The summed E-state index contributed by atoms with van der Waals surface area (Å²) in [7, 11) is 0. The van der Waals surface area contributed by atoms with Crippen molar-refractivity contribution in [2.24, 2.45) is 0 Å². The zero-order valence-corrected chi connectivity index (χ0v) is 16.3. The predicted octanol–water partition coefficient (Wildman–Crippen LogP) is 4.25. The van der Waals surface area contributed by atoms with Crippen molar-refractivity contribution in [1.82, 2.24) is 10.3 Å². The molecule has 3 rings (SSSR count). The number of carbonyl (C=O) groups excluding carboxylic acids is 2. The third kappa shape index (κ3) is 4.91. The number of aromatic nitrogens is 1. The zero-order chi connectivity index (χ0) is 19.4. The van der Waals surface area contributed by atoms with Crippen LogP contribution in [0.5, 0.6) is 0 Å². The summed E-state index contributed by atoms with van der Waals surface area (Å²) in [5, 5.41) is 3.57. The third-order valence-electron chi connectivity index (χ3n) is 4.68. The van der Waals surface area contributed by atoms with Crippen molar-refractivity contribution in [2.45, 2.75) is 58.1 Å². The molecule has 5 nitrogen and oxygen atoms in total. The minimum absolute atomic E-state index is 0.169. The number of nitrogens with one attached hydrogen (secondary N) is 1. The number of rotatable bonds is 5. The molecule has 1 aliphatic carbocycles. The van der Waals surface area contributed by atoms with E-state index in [2.05, 4.69) is 10.3 Å². The van der Waals surface area contributed by atoms with E-state index in [-0.39, 0.29) is 17.8 Å². The van der Waals surface area contributed by atoms with E-state index >= 15 is 0 Å². The molecule has 0 spiro atoms. The van der Waals surface area contributed by atoms with Crippen LogP contribution in [0.4, 0.5) is 4.39 Å². The number of hydrogen-bond donors (Lipinski definition) is 1. The fraction of sp³-hybridized carbons (Fsp3) is 0.450. The van der Waals surface area contributed by atoms with Crippen LogP contribution in [-0.4, -0.2) is 29.0 Å². The second kappa shape index (κ2) is 8.61. The monoisotopic (exact) mass is 390 g/mol. The van der Waals surface area contributed by atoms with E-state index in [1.165, 1.54) is 29.9 Å². The first-order valence-corrected chi connectivity index (χ1v) is 10.0. The highest BCUT2D eigenvalue weighted by molar-refractivity contribution is 7.17. The molecule has 1 aromatic heterocycles. The number of carbonyl (C=O) groups is 2. The van der Waals surface area contributed by atoms with Gasteiger partial charge in [0, 0.05) is 11.6 Å². The number of aryl methyl sites for hydroxylation is 1. The number of hydrogen-bond acceptors (Lipinski definition) is 5. The molecule has 1 aliphatic rings. The van der Waals surface area contributed by atoms with Gasteiger partial charge in [-0.1, -0.05) is 19.3 Å². The smallest absolute Gasteiger partial charge is 0.351 e. The summed E-state index contributed by atoms with van der Waals surface area (Å²) in [6, 6.07) is 6.10. The average Bonchev–Trinajstić information content (AvgIpc) is 3.05. The van der Waals surface area contributed by atoms with Crippen molar-refractivity contribution in [2.75, 3.05) is 0 Å². The first kappa shape index (κ1) is 19.5. The largest absolute Gasteiger partial charge is 0.448 e. The highest BCUT2D eigenvalue weighted by Crippen LogP contribution is 2.29. The molecule has 1 heterocycles. The summed E-state index contributed by atoms with van der Waals surface area (Å²) >= 11 is 1.18. The van der Waals surface area contributed by atoms with Crippen LogP contribution in [0.3, 0.4) is 0 Å². The van der Waals surface area contributed by atoms with Gasteiger partial charge in [0.1, 0.15) is 15.7 Å². The second-order valence-electron chi connectivity index (χ2n) is 6.83. The van der Waals surface area contributed by atoms with Gasteiger partial charge >= 0.3 is 5.97 Å². The number of esters is 1. The molecule has 1 amide bonds. The Labute approximate surface area is 162 Å². The third-order valence-corrected chi connectivity index (χ3v) is 5.86. The fourth-order valence-electron chi connectivity index (χ4n) is 3.13. The van der Waals surface area contributed by atoms with Gasteiger partial charge in [-0.2, -0.15) is 0 Å². The van der Waals surface area contributed by atoms with E-state index in [4.69, 9.17) is 4.74 Å². The molecule has 1 N–H and O–H groups in total. The Bertz CT molecular complexity index is 813. The second-order valence-corrected chi connectivity index (χ2v) is 7.83. The minimum atomic E-state index is -0.866. The quantitative estimate of drug-likeness (QED) is 0.775. The number of thiazole rings is 1. The first-order chi connectivity index (χ1) is 12.9. The molecule has 1 saturated carbocycles. The van der Waals surface area contributed by atoms with Crippen molar-refractivity contribution in [1.29, 1.82) is 0 Å². The van der Waals surface area contributed by atoms with E-state index in [0.717, 1.165) is 31.2 Å². The van der Waals surface area contributed by atoms with Crippen LogP contribution in [0, 0.1) is 12.7 Å². The van der Waals surface area contributed by atoms with Crippen molar-refractivity contribution in [3.05, 3.63) is 40.7 Å². The molecule has 0 unspecified atom stereocenters. The normalized spacial score (nSPS) is 16.0. The summed E-state index contributed by atoms with van der Waals surface area (Å²) in [4.78, 5) is 29.5. The number of halogens is 1. The molecule has 1 fully saturated rings. The number of benzene rings is 1. The molecule has 0 bridgehead atoms. The number of nitrogens with zero attached hydrogens (tertiary/aromatic N) is 1. The molecule has 1 aromatic carbocycles. The van der Waals surface area contributed by atoms with Gasteiger partial charge in [0.2, 0.25) is 0 Å². The highest BCUT2D eigenvalue weighted by atomic mass is 32.1. The summed E-state index contributed by atoms with van der Waals surface area (Å²) in [5.41, 5.74) is 1.26. The minimum Gasteiger partial charge on any atom is -0.448 e. The van der Waals surface area contributed by atoms with Crippen molar-refractivity contribution >= 4 is 23.2 Å². The van der Waals surface area contributed by atoms with Gasteiger partial charge in [-0.15, -0.1) is 11.3 Å². The fourth-order valence-corrected chi connectivity index (χ4v) is 4.09. The summed E-state index contributed by atoms with van der Waals surface area (Å²) < 4.78 is 18.4. The zero-order valence-electron chi connectivity index (χ0n) is 15.5. The predicted molar refractivity (Wildman–Crippen MR) is 102 cm³/mol. The Morgan fingerprint density at radius 3 is 2.56 bits per heavy atom. The van der Waals surface area contributed by atoms with E-state index < -0.39 is 12.1 Å². The Hall–Kier alpha value is -2.28. The van der Waals surface area contributed by atoms with Gasteiger partial charge in [-0.3, -0.25) is 4.79 Å². The molecular weight excluding hydrogens is 367 g/mol. The molecule has 2 aromatic rings. The molecule has 1 atom stereocenters. The van der Waals surface area contributed by atoms with Crippen LogP contribution in [-0.2, 0) is 9.53 Å². The Balaban J connectivity index is 1.63. The van der Waals surface area contributed by atoms with E-state index in [0.29, 0.717) is 15.6 Å². The lowest BCUT2D eigenvalue weighted by Crippen LogP contribution is -2.42. The molecule has 144 valence electrons. The lowest BCUT2D eigenvalue weighted by atomic mass is 9.95. The Morgan fingerprint density at radius 1 is 1.22 bits per heavy atom. The van der Waals surface area contributed by atoms with Crippen LogP contribution in [0.1, 0.15) is 54.4 Å². The number of amides is 1. The SMILES string of the molecule is Cc1nc(-c2ccc(F)cc2)sc1C(=O)O[C@@H](C)C(=O)NC1CCCCC1. The standard InChI is InChI=1S/C20H23FN2O3S/c1-12-17(27-19(22-12)14-8-10-15(21)11-9-14)20(25)26-13(2)18(24)23-16-6-4-3-5-7-16/h8-11,13,16H,3-7H2,1-2H3,(H,23,24)/t13-/m0/s1. The van der Waals surface area contributed by atoms with E-state index in [1.54, 1.807) is 26.0 Å². The van der Waals surface area contributed by atoms with Gasteiger partial charge < -0.3 is 10.1 Å². The topological polar surface area (TPSA) is 68.3 Å². The lowest BCUT2D eigenvalue weighted by molar-refractivity contribution is -0.130. The first-order valence-electron chi connectivity index (χ1n) is 9.19. The maximum atomic E-state index is 13.1. The molecule has 27 heavy (non-hydrogen) atoms. The maximum Gasteiger partial charge on any atom is 0.351 e. The molecule has 0 aliphatic heterocycles. The van der Waals surface area contributed by atoms with Crippen molar-refractivity contribution < 1.29 is 18.7 Å². The maximum absolute atomic E-state index is 13.1. The van der Waals surface area contributed by atoms with Crippen LogP contribution >= 0.6 is 11.3 Å². The van der Waals surface area contributed by atoms with Crippen LogP contribution in [0.15, 0.2) is 24.3 Å². The lowest BCUT2D eigenvalue weighted by Gasteiger charge is -2.24. The Morgan fingerprint density at radius 2 is 1.89 bits per heavy atom. The Kier molecular flexibility index (Phi) is 6.21. The van der Waals surface area contributed by atoms with Crippen molar-refractivity contribution in [3.8, 4) is 10.6 Å². The molecular formula is C20H23FN2O3S. The van der Waals surface area contributed by atoms with Crippen LogP contribution in [0.25, 0.3) is 10.6 Å². The highest BCUT2D eigenvalue weighted by Gasteiger charge is 2.25. The van der Waals surface area contributed by atoms with E-state index in [9.17, 15) is 14.0 Å². The van der Waals surface area contributed by atoms with Gasteiger partial charge in [0.25, 0.3) is 5.91 Å².